The van der Waals surface area contributed by atoms with Crippen LogP contribution < -0.4 is 4.90 Å². The Kier molecular flexibility index (Phi) is 3.46. The lowest BCUT2D eigenvalue weighted by molar-refractivity contribution is 0.0935. The van der Waals surface area contributed by atoms with Gasteiger partial charge in [0.25, 0.3) is 0 Å². The lowest BCUT2D eigenvalue weighted by Gasteiger charge is -2.35. The van der Waals surface area contributed by atoms with Gasteiger partial charge < -0.3 is 14.7 Å². The smallest absolute Gasteiger partial charge is 0.0858 e. The second kappa shape index (κ2) is 4.85. The molecular formula is C13H19NO2. The van der Waals surface area contributed by atoms with Crippen LogP contribution in [0.5, 0.6) is 0 Å². The summed E-state index contributed by atoms with van der Waals surface area (Å²) in [5.74, 6) is 0. The number of anilines is 1. The number of benzene rings is 1. The topological polar surface area (TPSA) is 32.7 Å². The first-order valence-electron chi connectivity index (χ1n) is 5.82. The van der Waals surface area contributed by atoms with Crippen molar-refractivity contribution in [2.45, 2.75) is 26.1 Å². The van der Waals surface area contributed by atoms with Crippen LogP contribution in [0, 0.1) is 0 Å². The molecule has 0 spiro atoms. The maximum Gasteiger partial charge on any atom is 0.0858 e. The van der Waals surface area contributed by atoms with Crippen LogP contribution in [0.2, 0.25) is 0 Å². The predicted octanol–water partition coefficient (Wildman–Crippen LogP) is 2.10. The van der Waals surface area contributed by atoms with E-state index < -0.39 is 0 Å². The van der Waals surface area contributed by atoms with E-state index in [0.29, 0.717) is 0 Å². The molecule has 0 aliphatic carbocycles. The molecule has 88 valence electrons. The number of para-hydroxylation sites is 1. The fourth-order valence-corrected chi connectivity index (χ4v) is 2.49. The maximum atomic E-state index is 9.40. The Labute approximate surface area is 96.6 Å². The summed E-state index contributed by atoms with van der Waals surface area (Å²) < 4.78 is 5.50. The molecule has 1 N–H and O–H groups in total. The van der Waals surface area contributed by atoms with Crippen molar-refractivity contribution in [3.8, 4) is 0 Å². The lowest BCUT2D eigenvalue weighted by atomic mass is 9.95. The minimum Gasteiger partial charge on any atom is -0.392 e. The molecule has 0 bridgehead atoms. The zero-order valence-corrected chi connectivity index (χ0v) is 9.94. The molecule has 3 heteroatoms. The van der Waals surface area contributed by atoms with Gasteiger partial charge in [-0.15, -0.1) is 0 Å². The molecule has 3 nitrogen and oxygen atoms in total. The molecule has 0 radical (unpaired) electrons. The van der Waals surface area contributed by atoms with Crippen molar-refractivity contribution in [2.75, 3.05) is 25.1 Å². The fraction of sp³-hybridized carbons (Fsp3) is 0.538. The van der Waals surface area contributed by atoms with Crippen LogP contribution in [0.4, 0.5) is 5.69 Å². The van der Waals surface area contributed by atoms with Crippen molar-refractivity contribution >= 4 is 5.69 Å². The fourth-order valence-electron chi connectivity index (χ4n) is 2.49. The Bertz CT molecular complexity index is 365. The van der Waals surface area contributed by atoms with Crippen LogP contribution in [0.1, 0.15) is 30.6 Å². The molecule has 1 aliphatic heterocycles. The van der Waals surface area contributed by atoms with Crippen molar-refractivity contribution in [2.24, 2.45) is 0 Å². The number of ether oxygens (including phenoxy) is 1. The van der Waals surface area contributed by atoms with Crippen molar-refractivity contribution in [3.05, 3.63) is 29.3 Å². The van der Waals surface area contributed by atoms with Crippen LogP contribution in [0.15, 0.2) is 18.2 Å². The highest BCUT2D eigenvalue weighted by Crippen LogP contribution is 2.37. The number of rotatable bonds is 3. The van der Waals surface area contributed by atoms with Gasteiger partial charge in [-0.3, -0.25) is 0 Å². The van der Waals surface area contributed by atoms with Gasteiger partial charge in [0.05, 0.1) is 12.7 Å². The number of hydrogen-bond acceptors (Lipinski definition) is 3. The van der Waals surface area contributed by atoms with E-state index in [4.69, 9.17) is 4.74 Å². The predicted molar refractivity (Wildman–Crippen MR) is 64.6 cm³/mol. The number of hydrogen-bond donors (Lipinski definition) is 1. The molecule has 0 fully saturated rings. The second-order valence-electron chi connectivity index (χ2n) is 4.11. The van der Waals surface area contributed by atoms with Gasteiger partial charge in [-0.1, -0.05) is 18.2 Å². The molecule has 0 aromatic heterocycles. The zero-order chi connectivity index (χ0) is 11.5. The first-order valence-corrected chi connectivity index (χ1v) is 5.82. The zero-order valence-electron chi connectivity index (χ0n) is 9.94. The van der Waals surface area contributed by atoms with Gasteiger partial charge in [-0.25, -0.2) is 0 Å². The van der Waals surface area contributed by atoms with E-state index in [1.165, 1.54) is 11.3 Å². The van der Waals surface area contributed by atoms with Crippen LogP contribution in [-0.4, -0.2) is 25.3 Å². The number of aliphatic hydroxyl groups is 1. The number of nitrogens with zero attached hydrogens (tertiary/aromatic N) is 1. The second-order valence-corrected chi connectivity index (χ2v) is 4.11. The summed E-state index contributed by atoms with van der Waals surface area (Å²) in [6, 6.07) is 6.08. The molecule has 1 heterocycles. The molecule has 1 aromatic rings. The molecule has 0 amide bonds. The average Bonchev–Trinajstić information content (AvgIpc) is 2.36. The van der Waals surface area contributed by atoms with Gasteiger partial charge in [0.15, 0.2) is 0 Å². The SMILES string of the molecule is CCN1CCC(OC)c2cccc(CO)c21. The van der Waals surface area contributed by atoms with E-state index in [0.717, 1.165) is 25.1 Å². The normalized spacial score (nSPS) is 19.7. The molecule has 16 heavy (non-hydrogen) atoms. The monoisotopic (exact) mass is 221 g/mol. The van der Waals surface area contributed by atoms with E-state index in [9.17, 15) is 5.11 Å². The van der Waals surface area contributed by atoms with E-state index in [-0.39, 0.29) is 12.7 Å². The third kappa shape index (κ3) is 1.81. The largest absolute Gasteiger partial charge is 0.392 e. The van der Waals surface area contributed by atoms with E-state index in [1.54, 1.807) is 7.11 Å². The van der Waals surface area contributed by atoms with Crippen molar-refractivity contribution < 1.29 is 9.84 Å². The van der Waals surface area contributed by atoms with Gasteiger partial charge in [0.2, 0.25) is 0 Å². The maximum absolute atomic E-state index is 9.40. The summed E-state index contributed by atoms with van der Waals surface area (Å²) >= 11 is 0. The molecule has 0 saturated heterocycles. The first-order chi connectivity index (χ1) is 7.81. The average molecular weight is 221 g/mol. The molecular weight excluding hydrogens is 202 g/mol. The molecule has 1 aromatic carbocycles. The molecule has 2 rings (SSSR count). The third-order valence-corrected chi connectivity index (χ3v) is 3.31. The van der Waals surface area contributed by atoms with Crippen LogP contribution in [0.25, 0.3) is 0 Å². The first kappa shape index (κ1) is 11.4. The van der Waals surface area contributed by atoms with E-state index in [1.807, 2.05) is 12.1 Å². The Morgan fingerprint density at radius 1 is 1.50 bits per heavy atom. The quantitative estimate of drug-likeness (QED) is 0.848. The molecule has 0 saturated carbocycles. The summed E-state index contributed by atoms with van der Waals surface area (Å²) in [6.07, 6.45) is 1.19. The van der Waals surface area contributed by atoms with Gasteiger partial charge in [0.1, 0.15) is 0 Å². The Morgan fingerprint density at radius 2 is 2.31 bits per heavy atom. The van der Waals surface area contributed by atoms with Crippen LogP contribution >= 0.6 is 0 Å². The van der Waals surface area contributed by atoms with Gasteiger partial charge >= 0.3 is 0 Å². The molecule has 1 atom stereocenters. The van der Waals surface area contributed by atoms with Crippen LogP contribution in [0.3, 0.4) is 0 Å². The van der Waals surface area contributed by atoms with Crippen molar-refractivity contribution in [1.82, 2.24) is 0 Å². The van der Waals surface area contributed by atoms with Crippen LogP contribution in [-0.2, 0) is 11.3 Å². The Morgan fingerprint density at radius 3 is 2.94 bits per heavy atom. The van der Waals surface area contributed by atoms with E-state index >= 15 is 0 Å². The van der Waals surface area contributed by atoms with Gasteiger partial charge in [-0.05, 0) is 13.3 Å². The highest BCUT2D eigenvalue weighted by atomic mass is 16.5. The number of methoxy groups -OCH3 is 1. The Balaban J connectivity index is 2.49. The van der Waals surface area contributed by atoms with E-state index in [2.05, 4.69) is 17.9 Å². The highest BCUT2D eigenvalue weighted by Gasteiger charge is 2.25. The van der Waals surface area contributed by atoms with Gasteiger partial charge in [0, 0.05) is 37.0 Å². The van der Waals surface area contributed by atoms with Crippen molar-refractivity contribution in [3.63, 3.8) is 0 Å². The standard InChI is InChI=1S/C13H19NO2/c1-3-14-8-7-12(16-2)11-6-4-5-10(9-15)13(11)14/h4-6,12,15H,3,7-9H2,1-2H3. The Hall–Kier alpha value is -1.06. The lowest BCUT2D eigenvalue weighted by Crippen LogP contribution is -2.32. The summed E-state index contributed by atoms with van der Waals surface area (Å²) in [7, 11) is 1.75. The summed E-state index contributed by atoms with van der Waals surface area (Å²) in [6.45, 7) is 4.21. The molecule has 1 aliphatic rings. The summed E-state index contributed by atoms with van der Waals surface area (Å²) in [5, 5.41) is 9.40. The van der Waals surface area contributed by atoms with Crippen molar-refractivity contribution in [1.29, 1.82) is 0 Å². The number of fused-ring (bicyclic) bond motifs is 1. The minimum absolute atomic E-state index is 0.0934. The highest BCUT2D eigenvalue weighted by molar-refractivity contribution is 5.62. The number of aliphatic hydroxyl groups excluding tert-OH is 1. The van der Waals surface area contributed by atoms with Gasteiger partial charge in [-0.2, -0.15) is 0 Å². The summed E-state index contributed by atoms with van der Waals surface area (Å²) in [4.78, 5) is 2.32. The third-order valence-electron chi connectivity index (χ3n) is 3.31. The minimum atomic E-state index is 0.0934. The molecule has 1 unspecified atom stereocenters. The summed E-state index contributed by atoms with van der Waals surface area (Å²) in [5.41, 5.74) is 3.38.